The fourth-order valence-corrected chi connectivity index (χ4v) is 2.36. The Morgan fingerprint density at radius 2 is 1.58 bits per heavy atom. The third-order valence-corrected chi connectivity index (χ3v) is 3.38. The van der Waals surface area contributed by atoms with Crippen molar-refractivity contribution in [2.24, 2.45) is 0 Å². The molecule has 0 aliphatic rings. The summed E-state index contributed by atoms with van der Waals surface area (Å²) in [5, 5.41) is 0. The molecule has 0 aliphatic heterocycles. The summed E-state index contributed by atoms with van der Waals surface area (Å²) < 4.78 is 11.2. The predicted molar refractivity (Wildman–Crippen MR) is 54.8 cm³/mol. The van der Waals surface area contributed by atoms with Crippen LogP contribution in [0.5, 0.6) is 0 Å². The van der Waals surface area contributed by atoms with E-state index in [2.05, 4.69) is 26.9 Å². The van der Waals surface area contributed by atoms with Crippen LogP contribution in [-0.4, -0.2) is 27.8 Å². The second-order valence-corrected chi connectivity index (χ2v) is 7.76. The predicted octanol–water partition coefficient (Wildman–Crippen LogP) is 2.58. The highest BCUT2D eigenvalue weighted by atomic mass is 28.4. The van der Waals surface area contributed by atoms with Crippen LogP contribution in [0.1, 0.15) is 26.7 Å². The molecule has 0 N–H and O–H groups in total. The van der Waals surface area contributed by atoms with Crippen LogP contribution in [0.25, 0.3) is 0 Å². The van der Waals surface area contributed by atoms with Crippen LogP contribution in [0, 0.1) is 0 Å². The molecular formula is C9H22O2Si. The Morgan fingerprint density at radius 1 is 1.00 bits per heavy atom. The highest BCUT2D eigenvalue weighted by molar-refractivity contribution is 6.71. The number of hydrogen-bond acceptors (Lipinski definition) is 2. The van der Waals surface area contributed by atoms with Gasteiger partial charge in [-0.05, 0) is 25.9 Å². The van der Waals surface area contributed by atoms with Gasteiger partial charge in [0.15, 0.2) is 0 Å². The van der Waals surface area contributed by atoms with Crippen molar-refractivity contribution in [1.29, 1.82) is 0 Å². The van der Waals surface area contributed by atoms with Gasteiger partial charge in [-0.1, -0.05) is 13.8 Å². The second-order valence-electron chi connectivity index (χ2n) is 3.66. The van der Waals surface area contributed by atoms with Crippen molar-refractivity contribution in [3.8, 4) is 0 Å². The third kappa shape index (κ3) is 6.82. The Bertz CT molecular complexity index is 105. The minimum atomic E-state index is -1.48. The zero-order valence-electron chi connectivity index (χ0n) is 8.85. The summed E-state index contributed by atoms with van der Waals surface area (Å²) in [6.07, 6.45) is 3.03. The molecule has 74 valence electrons. The number of hydrogen-bond donors (Lipinski definition) is 0. The van der Waals surface area contributed by atoms with E-state index in [9.17, 15) is 0 Å². The lowest BCUT2D eigenvalue weighted by molar-refractivity contribution is 0.153. The van der Waals surface area contributed by atoms with E-state index in [1.165, 1.54) is 0 Å². The van der Waals surface area contributed by atoms with E-state index in [4.69, 9.17) is 9.16 Å². The van der Waals surface area contributed by atoms with Crippen molar-refractivity contribution in [3.05, 3.63) is 0 Å². The fourth-order valence-electron chi connectivity index (χ4n) is 0.882. The second kappa shape index (κ2) is 6.63. The van der Waals surface area contributed by atoms with Gasteiger partial charge < -0.3 is 9.16 Å². The summed E-state index contributed by atoms with van der Waals surface area (Å²) in [5.41, 5.74) is 0. The van der Waals surface area contributed by atoms with Gasteiger partial charge in [0.05, 0.1) is 6.23 Å². The minimum Gasteiger partial charge on any atom is -0.415 e. The smallest absolute Gasteiger partial charge is 0.211 e. The molecule has 0 saturated carbocycles. The van der Waals surface area contributed by atoms with Crippen LogP contribution in [0.4, 0.5) is 0 Å². The third-order valence-electron chi connectivity index (χ3n) is 1.50. The summed E-state index contributed by atoms with van der Waals surface area (Å²) in [6, 6.07) is 0. The van der Waals surface area contributed by atoms with Crippen LogP contribution in [0.15, 0.2) is 0 Å². The number of ether oxygens (including phenoxy) is 1. The zero-order valence-corrected chi connectivity index (χ0v) is 9.85. The summed E-state index contributed by atoms with van der Waals surface area (Å²) in [7, 11) is -1.48. The highest BCUT2D eigenvalue weighted by Crippen LogP contribution is 2.05. The maximum Gasteiger partial charge on any atom is 0.211 e. The van der Waals surface area contributed by atoms with Crippen molar-refractivity contribution in [1.82, 2.24) is 0 Å². The molecule has 0 aromatic carbocycles. The molecule has 0 saturated heterocycles. The van der Waals surface area contributed by atoms with Crippen molar-refractivity contribution in [2.45, 2.75) is 39.8 Å². The van der Waals surface area contributed by atoms with E-state index in [0.29, 0.717) is 0 Å². The van der Waals surface area contributed by atoms with Gasteiger partial charge in [0.2, 0.25) is 8.32 Å². The van der Waals surface area contributed by atoms with E-state index in [1.54, 1.807) is 0 Å². The molecule has 0 heterocycles. The molecule has 0 atom stereocenters. The zero-order chi connectivity index (χ0) is 9.45. The molecule has 2 nitrogen and oxygen atoms in total. The number of rotatable bonds is 7. The molecule has 0 bridgehead atoms. The van der Waals surface area contributed by atoms with Gasteiger partial charge in [0.1, 0.15) is 0 Å². The Labute approximate surface area is 77.4 Å². The van der Waals surface area contributed by atoms with Gasteiger partial charge in [-0.3, -0.25) is 0 Å². The van der Waals surface area contributed by atoms with Gasteiger partial charge in [-0.2, -0.15) is 0 Å². The van der Waals surface area contributed by atoms with Crippen LogP contribution < -0.4 is 0 Å². The molecule has 0 unspecified atom stereocenters. The van der Waals surface area contributed by atoms with E-state index in [-0.39, 0.29) is 0 Å². The molecule has 0 spiro atoms. The van der Waals surface area contributed by atoms with Gasteiger partial charge >= 0.3 is 0 Å². The first-order valence-electron chi connectivity index (χ1n) is 4.84. The van der Waals surface area contributed by atoms with Crippen LogP contribution >= 0.6 is 0 Å². The van der Waals surface area contributed by atoms with Crippen molar-refractivity contribution < 1.29 is 9.16 Å². The molecule has 0 rings (SSSR count). The molecular weight excluding hydrogens is 168 g/mol. The highest BCUT2D eigenvalue weighted by Gasteiger charge is 2.21. The normalized spacial score (nSPS) is 12.0. The Hall–Kier alpha value is 0.137. The van der Waals surface area contributed by atoms with E-state index in [1.807, 2.05) is 0 Å². The molecule has 12 heavy (non-hydrogen) atoms. The summed E-state index contributed by atoms with van der Waals surface area (Å²) in [6.45, 7) is 10.4. The van der Waals surface area contributed by atoms with Gasteiger partial charge in [0, 0.05) is 13.2 Å². The molecule has 3 heteroatoms. The van der Waals surface area contributed by atoms with Crippen molar-refractivity contribution >= 4 is 8.32 Å². The first-order chi connectivity index (χ1) is 5.62. The first-order valence-corrected chi connectivity index (χ1v) is 7.95. The van der Waals surface area contributed by atoms with Gasteiger partial charge in [-0.15, -0.1) is 0 Å². The SMILES string of the molecule is CCCOC[Si](C)(C)OCCC. The largest absolute Gasteiger partial charge is 0.415 e. The molecule has 0 aromatic rings. The van der Waals surface area contributed by atoms with Crippen LogP contribution in [0.2, 0.25) is 13.1 Å². The first kappa shape index (κ1) is 12.1. The summed E-state index contributed by atoms with van der Waals surface area (Å²) >= 11 is 0. The molecule has 0 amide bonds. The molecule has 0 aliphatic carbocycles. The monoisotopic (exact) mass is 190 g/mol. The topological polar surface area (TPSA) is 18.5 Å². The quantitative estimate of drug-likeness (QED) is 0.454. The van der Waals surface area contributed by atoms with E-state index >= 15 is 0 Å². The van der Waals surface area contributed by atoms with Crippen molar-refractivity contribution in [2.75, 3.05) is 19.4 Å². The fraction of sp³-hybridized carbons (Fsp3) is 1.00. The summed E-state index contributed by atoms with van der Waals surface area (Å²) in [4.78, 5) is 0. The van der Waals surface area contributed by atoms with Gasteiger partial charge in [-0.25, -0.2) is 0 Å². The molecule has 0 radical (unpaired) electrons. The minimum absolute atomic E-state index is 0.834. The summed E-state index contributed by atoms with van der Waals surface area (Å²) in [5.74, 6) is 0. The average Bonchev–Trinajstić information content (AvgIpc) is 2.01. The lowest BCUT2D eigenvalue weighted by atomic mass is 10.5. The van der Waals surface area contributed by atoms with Gasteiger partial charge in [0.25, 0.3) is 0 Å². The van der Waals surface area contributed by atoms with E-state index in [0.717, 1.165) is 32.3 Å². The maximum absolute atomic E-state index is 5.74. The standard InChI is InChI=1S/C9H22O2Si/c1-5-7-10-9-12(3,4)11-8-6-2/h5-9H2,1-4H3. The van der Waals surface area contributed by atoms with Crippen molar-refractivity contribution in [3.63, 3.8) is 0 Å². The Kier molecular flexibility index (Phi) is 6.71. The molecule has 0 fully saturated rings. The lowest BCUT2D eigenvalue weighted by Crippen LogP contribution is -2.37. The Morgan fingerprint density at radius 3 is 2.08 bits per heavy atom. The Balaban J connectivity index is 3.42. The van der Waals surface area contributed by atoms with E-state index < -0.39 is 8.32 Å². The maximum atomic E-state index is 5.74. The molecule has 0 aromatic heterocycles. The average molecular weight is 190 g/mol. The van der Waals surface area contributed by atoms with Crippen LogP contribution in [0.3, 0.4) is 0 Å². The lowest BCUT2D eigenvalue weighted by Gasteiger charge is -2.22. The van der Waals surface area contributed by atoms with Crippen LogP contribution in [-0.2, 0) is 9.16 Å².